The number of hydrogen-bond donors (Lipinski definition) is 2. The fraction of sp³-hybridized carbons (Fsp3) is 0.571. The number of hydrogen-bond acceptors (Lipinski definition) is 4. The van der Waals surface area contributed by atoms with Crippen LogP contribution < -0.4 is 5.32 Å². The number of ether oxygens (including phenoxy) is 1. The highest BCUT2D eigenvalue weighted by molar-refractivity contribution is 7.13. The molecule has 1 aromatic heterocycles. The molecule has 1 heterocycles. The fourth-order valence-electron chi connectivity index (χ4n) is 2.25. The zero-order valence-corrected chi connectivity index (χ0v) is 12.1. The van der Waals surface area contributed by atoms with E-state index in [-0.39, 0.29) is 23.5 Å². The van der Waals surface area contributed by atoms with Gasteiger partial charge in [0.15, 0.2) is 0 Å². The van der Waals surface area contributed by atoms with Crippen molar-refractivity contribution in [3.63, 3.8) is 0 Å². The van der Waals surface area contributed by atoms with Gasteiger partial charge in [-0.05, 0) is 25.0 Å². The minimum Gasteiger partial charge on any atom is -0.477 e. The molecule has 1 aromatic rings. The number of amides is 1. The van der Waals surface area contributed by atoms with Crippen molar-refractivity contribution in [2.24, 2.45) is 0 Å². The topological polar surface area (TPSA) is 75.6 Å². The van der Waals surface area contributed by atoms with Gasteiger partial charge in [0.05, 0.1) is 12.6 Å². The second-order valence-corrected chi connectivity index (χ2v) is 6.09. The molecule has 0 spiro atoms. The smallest absolute Gasteiger partial charge is 0.345 e. The molecular weight excluding hydrogens is 278 g/mol. The zero-order chi connectivity index (χ0) is 14.4. The largest absolute Gasteiger partial charge is 0.477 e. The third-order valence-corrected chi connectivity index (χ3v) is 4.41. The molecule has 2 rings (SSSR count). The molecule has 0 saturated heterocycles. The Morgan fingerprint density at radius 2 is 2.05 bits per heavy atom. The summed E-state index contributed by atoms with van der Waals surface area (Å²) in [6, 6.07) is 3.27. The molecule has 0 aliphatic heterocycles. The van der Waals surface area contributed by atoms with Gasteiger partial charge in [0.1, 0.15) is 11.5 Å². The molecule has 0 radical (unpaired) electrons. The van der Waals surface area contributed by atoms with E-state index in [9.17, 15) is 9.59 Å². The summed E-state index contributed by atoms with van der Waals surface area (Å²) in [6.45, 7) is 0.437. The summed E-state index contributed by atoms with van der Waals surface area (Å²) in [5.41, 5.74) is 0. The molecule has 1 aliphatic rings. The number of thiophene rings is 1. The first-order valence-electron chi connectivity index (χ1n) is 6.85. The van der Waals surface area contributed by atoms with Gasteiger partial charge in [-0.1, -0.05) is 19.3 Å². The standard InChI is InChI=1S/C14H19NO4S/c16-13(9-19-10-4-2-1-3-5-10)15-8-11-6-7-12(20-11)14(17)18/h6-7,10H,1-5,8-9H2,(H,15,16)(H,17,18). The molecule has 0 unspecified atom stereocenters. The molecule has 1 amide bonds. The molecule has 5 nitrogen and oxygen atoms in total. The summed E-state index contributed by atoms with van der Waals surface area (Å²) in [6.07, 6.45) is 5.92. The molecule has 1 fully saturated rings. The number of carboxylic acid groups (broad SMARTS) is 1. The average Bonchev–Trinajstić information content (AvgIpc) is 2.93. The third kappa shape index (κ3) is 4.61. The van der Waals surface area contributed by atoms with Crippen LogP contribution in [0.25, 0.3) is 0 Å². The van der Waals surface area contributed by atoms with E-state index in [1.807, 2.05) is 0 Å². The van der Waals surface area contributed by atoms with Crippen LogP contribution >= 0.6 is 11.3 Å². The Labute approximate surface area is 121 Å². The van der Waals surface area contributed by atoms with E-state index in [1.54, 1.807) is 12.1 Å². The van der Waals surface area contributed by atoms with Crippen molar-refractivity contribution < 1.29 is 19.4 Å². The summed E-state index contributed by atoms with van der Waals surface area (Å²) in [7, 11) is 0. The second-order valence-electron chi connectivity index (χ2n) is 4.92. The van der Waals surface area contributed by atoms with E-state index >= 15 is 0 Å². The predicted molar refractivity (Wildman–Crippen MR) is 76.0 cm³/mol. The van der Waals surface area contributed by atoms with Crippen molar-refractivity contribution in [3.8, 4) is 0 Å². The first-order valence-corrected chi connectivity index (χ1v) is 7.67. The van der Waals surface area contributed by atoms with Crippen LogP contribution in [0.1, 0.15) is 46.7 Å². The molecule has 20 heavy (non-hydrogen) atoms. The van der Waals surface area contributed by atoms with Crippen LogP contribution in [-0.2, 0) is 16.1 Å². The number of carbonyl (C=O) groups is 2. The number of carboxylic acids is 1. The Kier molecular flexibility index (Phi) is 5.55. The Morgan fingerprint density at radius 1 is 1.30 bits per heavy atom. The Balaban J connectivity index is 1.67. The molecule has 0 aromatic carbocycles. The summed E-state index contributed by atoms with van der Waals surface area (Å²) < 4.78 is 5.57. The minimum atomic E-state index is -0.937. The van der Waals surface area contributed by atoms with Gasteiger partial charge in [0.2, 0.25) is 5.91 Å². The van der Waals surface area contributed by atoms with Crippen molar-refractivity contribution in [1.29, 1.82) is 0 Å². The lowest BCUT2D eigenvalue weighted by atomic mass is 9.98. The summed E-state index contributed by atoms with van der Waals surface area (Å²) in [4.78, 5) is 23.5. The molecule has 1 aliphatic carbocycles. The van der Waals surface area contributed by atoms with E-state index in [4.69, 9.17) is 9.84 Å². The van der Waals surface area contributed by atoms with Gasteiger partial charge in [-0.25, -0.2) is 4.79 Å². The molecule has 2 N–H and O–H groups in total. The minimum absolute atomic E-state index is 0.0851. The lowest BCUT2D eigenvalue weighted by Gasteiger charge is -2.21. The van der Waals surface area contributed by atoms with Crippen LogP contribution in [0.4, 0.5) is 0 Å². The van der Waals surface area contributed by atoms with E-state index in [1.165, 1.54) is 30.6 Å². The highest BCUT2D eigenvalue weighted by atomic mass is 32.1. The Bertz CT molecular complexity index is 465. The Morgan fingerprint density at radius 3 is 2.70 bits per heavy atom. The zero-order valence-electron chi connectivity index (χ0n) is 11.3. The number of rotatable bonds is 6. The van der Waals surface area contributed by atoms with Crippen LogP contribution in [-0.4, -0.2) is 29.7 Å². The molecular formula is C14H19NO4S. The van der Waals surface area contributed by atoms with E-state index in [0.29, 0.717) is 6.54 Å². The van der Waals surface area contributed by atoms with Crippen LogP contribution in [0.5, 0.6) is 0 Å². The van der Waals surface area contributed by atoms with Gasteiger partial charge >= 0.3 is 5.97 Å². The van der Waals surface area contributed by atoms with Crippen LogP contribution in [0.2, 0.25) is 0 Å². The van der Waals surface area contributed by atoms with Gasteiger partial charge in [0, 0.05) is 4.88 Å². The van der Waals surface area contributed by atoms with Crippen molar-refractivity contribution in [1.82, 2.24) is 5.32 Å². The Hall–Kier alpha value is -1.40. The van der Waals surface area contributed by atoms with E-state index in [2.05, 4.69) is 5.32 Å². The summed E-state index contributed by atoms with van der Waals surface area (Å²) in [5, 5.41) is 11.6. The SMILES string of the molecule is O=C(COC1CCCCC1)NCc1ccc(C(=O)O)s1. The molecule has 110 valence electrons. The van der Waals surface area contributed by atoms with Gasteiger partial charge < -0.3 is 15.2 Å². The van der Waals surface area contributed by atoms with Gasteiger partial charge in [-0.3, -0.25) is 4.79 Å². The molecule has 1 saturated carbocycles. The lowest BCUT2D eigenvalue weighted by molar-refractivity contribution is -0.128. The lowest BCUT2D eigenvalue weighted by Crippen LogP contribution is -2.29. The average molecular weight is 297 g/mol. The van der Waals surface area contributed by atoms with Crippen molar-refractivity contribution >= 4 is 23.2 Å². The van der Waals surface area contributed by atoms with E-state index in [0.717, 1.165) is 17.7 Å². The predicted octanol–water partition coefficient (Wildman–Crippen LogP) is 2.41. The first-order chi connectivity index (χ1) is 9.65. The molecule has 0 bridgehead atoms. The quantitative estimate of drug-likeness (QED) is 0.845. The van der Waals surface area contributed by atoms with Crippen molar-refractivity contribution in [2.75, 3.05) is 6.61 Å². The number of aromatic carboxylic acids is 1. The highest BCUT2D eigenvalue weighted by Crippen LogP contribution is 2.20. The fourth-order valence-corrected chi connectivity index (χ4v) is 3.04. The molecule has 6 heteroatoms. The summed E-state index contributed by atoms with van der Waals surface area (Å²) >= 11 is 1.17. The number of carbonyl (C=O) groups excluding carboxylic acids is 1. The van der Waals surface area contributed by atoms with Crippen LogP contribution in [0, 0.1) is 0 Å². The second kappa shape index (κ2) is 7.40. The van der Waals surface area contributed by atoms with Crippen LogP contribution in [0.3, 0.4) is 0 Å². The molecule has 0 atom stereocenters. The maximum atomic E-state index is 11.7. The maximum absolute atomic E-state index is 11.7. The summed E-state index contributed by atoms with van der Waals surface area (Å²) in [5.74, 6) is -1.09. The van der Waals surface area contributed by atoms with Gasteiger partial charge in [-0.2, -0.15) is 0 Å². The van der Waals surface area contributed by atoms with Crippen LogP contribution in [0.15, 0.2) is 12.1 Å². The third-order valence-electron chi connectivity index (χ3n) is 3.33. The van der Waals surface area contributed by atoms with E-state index < -0.39 is 5.97 Å². The van der Waals surface area contributed by atoms with Gasteiger partial charge in [0.25, 0.3) is 0 Å². The van der Waals surface area contributed by atoms with Gasteiger partial charge in [-0.15, -0.1) is 11.3 Å². The first kappa shape index (κ1) is 15.0. The van der Waals surface area contributed by atoms with Crippen molar-refractivity contribution in [3.05, 3.63) is 21.9 Å². The highest BCUT2D eigenvalue weighted by Gasteiger charge is 2.15. The van der Waals surface area contributed by atoms with Crippen molar-refractivity contribution in [2.45, 2.75) is 44.8 Å². The maximum Gasteiger partial charge on any atom is 0.345 e. The normalized spacial score (nSPS) is 16.0. The number of nitrogens with one attached hydrogen (secondary N) is 1. The monoisotopic (exact) mass is 297 g/mol.